The van der Waals surface area contributed by atoms with Crippen LogP contribution in [0.4, 0.5) is 4.39 Å². The van der Waals surface area contributed by atoms with E-state index in [4.69, 9.17) is 16.3 Å². The first-order chi connectivity index (χ1) is 14.0. The van der Waals surface area contributed by atoms with Gasteiger partial charge in [0.25, 0.3) is 5.88 Å². The molecule has 0 saturated heterocycles. The highest BCUT2D eigenvalue weighted by atomic mass is 35.5. The fourth-order valence-corrected chi connectivity index (χ4v) is 5.69. The number of benzene rings is 1. The number of Topliss-reactive ketones (excluding diaryl/α,β-unsaturated/α-hetero) is 1. The zero-order chi connectivity index (χ0) is 20.3. The van der Waals surface area contributed by atoms with Crippen molar-refractivity contribution in [1.29, 1.82) is 0 Å². The fraction of sp³-hybridized carbons (Fsp3) is 0.391. The van der Waals surface area contributed by atoms with E-state index in [0.717, 1.165) is 30.9 Å². The molecule has 4 atom stereocenters. The van der Waals surface area contributed by atoms with E-state index in [1.54, 1.807) is 12.1 Å². The summed E-state index contributed by atoms with van der Waals surface area (Å²) in [5.74, 6) is 0.446. The number of ether oxygens (including phenoxy) is 1. The van der Waals surface area contributed by atoms with Crippen LogP contribution in [-0.2, 0) is 11.2 Å². The Bertz CT molecular complexity index is 1050. The number of hydrogen-bond donors (Lipinski definition) is 1. The van der Waals surface area contributed by atoms with Crippen LogP contribution in [-0.4, -0.2) is 15.9 Å². The van der Waals surface area contributed by atoms with Crippen LogP contribution in [0.1, 0.15) is 37.3 Å². The molecule has 0 spiro atoms. The maximum atomic E-state index is 14.1. The summed E-state index contributed by atoms with van der Waals surface area (Å²) < 4.78 is 19.7. The molecule has 2 bridgehead atoms. The highest BCUT2D eigenvalue weighted by Crippen LogP contribution is 2.60. The van der Waals surface area contributed by atoms with Gasteiger partial charge in [0.1, 0.15) is 11.5 Å². The number of aryl methyl sites for hydroxylation is 1. The SMILES string of the molecule is CCc1ccc(Oc2ncc(Cl)cc2F)cc1C1=C(O)[C@@H]2C(C1=O)[C@@H]1CC[C@H]2C1. The average Bonchev–Trinajstić information content (AvgIpc) is 3.38. The lowest BCUT2D eigenvalue weighted by Gasteiger charge is -2.23. The molecule has 5 rings (SSSR count). The van der Waals surface area contributed by atoms with Gasteiger partial charge in [-0.1, -0.05) is 24.6 Å². The largest absolute Gasteiger partial charge is 0.511 e. The Labute approximate surface area is 173 Å². The normalized spacial score (nSPS) is 27.6. The second kappa shape index (κ2) is 6.84. The Morgan fingerprint density at radius 1 is 1.24 bits per heavy atom. The summed E-state index contributed by atoms with van der Waals surface area (Å²) in [6.07, 6.45) is 5.22. The number of ketones is 1. The molecule has 1 N–H and O–H groups in total. The molecule has 0 radical (unpaired) electrons. The molecule has 2 aromatic rings. The predicted octanol–water partition coefficient (Wildman–Crippen LogP) is 5.74. The van der Waals surface area contributed by atoms with Gasteiger partial charge >= 0.3 is 0 Å². The Hall–Kier alpha value is -2.40. The van der Waals surface area contributed by atoms with Crippen molar-refractivity contribution >= 4 is 23.0 Å². The van der Waals surface area contributed by atoms with Crippen molar-refractivity contribution in [3.63, 3.8) is 0 Å². The van der Waals surface area contributed by atoms with Crippen molar-refractivity contribution in [3.8, 4) is 11.6 Å². The predicted molar refractivity (Wildman–Crippen MR) is 107 cm³/mol. The summed E-state index contributed by atoms with van der Waals surface area (Å²) in [6, 6.07) is 6.42. The molecule has 4 nitrogen and oxygen atoms in total. The zero-order valence-electron chi connectivity index (χ0n) is 16.0. The molecule has 6 heteroatoms. The van der Waals surface area contributed by atoms with Gasteiger partial charge in [-0.05, 0) is 66.8 Å². The van der Waals surface area contributed by atoms with Gasteiger partial charge in [0.2, 0.25) is 0 Å². The summed E-state index contributed by atoms with van der Waals surface area (Å²) >= 11 is 5.75. The van der Waals surface area contributed by atoms with Crippen molar-refractivity contribution in [2.45, 2.75) is 32.6 Å². The van der Waals surface area contributed by atoms with Crippen molar-refractivity contribution in [2.24, 2.45) is 23.7 Å². The Morgan fingerprint density at radius 3 is 2.69 bits per heavy atom. The molecule has 3 aliphatic rings. The minimum absolute atomic E-state index is 0.0408. The number of aliphatic hydroxyl groups is 1. The number of aliphatic hydroxyl groups excluding tert-OH is 1. The first kappa shape index (κ1) is 18.6. The maximum absolute atomic E-state index is 14.1. The van der Waals surface area contributed by atoms with Gasteiger partial charge < -0.3 is 9.84 Å². The number of halogens is 2. The van der Waals surface area contributed by atoms with E-state index in [9.17, 15) is 14.3 Å². The van der Waals surface area contributed by atoms with Crippen molar-refractivity contribution in [1.82, 2.24) is 4.98 Å². The second-order valence-electron chi connectivity index (χ2n) is 8.22. The lowest BCUT2D eigenvalue weighted by Crippen LogP contribution is -2.24. The number of hydrogen-bond acceptors (Lipinski definition) is 4. The van der Waals surface area contributed by atoms with Crippen LogP contribution in [0.2, 0.25) is 5.02 Å². The summed E-state index contributed by atoms with van der Waals surface area (Å²) in [7, 11) is 0. The molecule has 2 fully saturated rings. The summed E-state index contributed by atoms with van der Waals surface area (Å²) in [4.78, 5) is 17.2. The number of carbonyl (C=O) groups is 1. The van der Waals surface area contributed by atoms with Crippen molar-refractivity contribution in [3.05, 3.63) is 58.2 Å². The number of pyridine rings is 1. The number of nitrogens with zero attached hydrogens (tertiary/aromatic N) is 1. The number of aromatic nitrogens is 1. The van der Waals surface area contributed by atoms with Crippen LogP contribution in [0.3, 0.4) is 0 Å². The first-order valence-electron chi connectivity index (χ1n) is 10.1. The van der Waals surface area contributed by atoms with Crippen LogP contribution >= 0.6 is 11.6 Å². The van der Waals surface area contributed by atoms with Crippen LogP contribution in [0.15, 0.2) is 36.2 Å². The average molecular weight is 414 g/mol. The standard InChI is InChI=1S/C23H21ClFNO3/c1-2-11-5-6-15(29-23-17(25)8-14(24)10-26-23)9-16(11)20-21(27)18-12-3-4-13(7-12)19(18)22(20)28/h5-6,8-10,12-13,18-19,27H,2-4,7H2,1H3/t12-,13+,18-,19?/m0/s1. The number of carbonyl (C=O) groups excluding carboxylic acids is 1. The molecule has 2 saturated carbocycles. The van der Waals surface area contributed by atoms with Gasteiger partial charge in [-0.3, -0.25) is 4.79 Å². The van der Waals surface area contributed by atoms with Crippen LogP contribution < -0.4 is 4.74 Å². The van der Waals surface area contributed by atoms with Gasteiger partial charge in [0.05, 0.1) is 10.6 Å². The minimum atomic E-state index is -0.663. The Kier molecular flexibility index (Phi) is 4.39. The molecule has 0 aliphatic heterocycles. The molecule has 3 aliphatic carbocycles. The number of allylic oxidation sites excluding steroid dienone is 2. The molecular formula is C23H21ClFNO3. The molecule has 1 unspecified atom stereocenters. The minimum Gasteiger partial charge on any atom is -0.511 e. The van der Waals surface area contributed by atoms with Crippen LogP contribution in [0.5, 0.6) is 11.6 Å². The zero-order valence-corrected chi connectivity index (χ0v) is 16.7. The fourth-order valence-electron chi connectivity index (χ4n) is 5.54. The van der Waals surface area contributed by atoms with Crippen LogP contribution in [0.25, 0.3) is 5.57 Å². The quantitative estimate of drug-likeness (QED) is 0.694. The molecule has 0 amide bonds. The summed E-state index contributed by atoms with van der Waals surface area (Å²) in [5.41, 5.74) is 2.04. The summed E-state index contributed by atoms with van der Waals surface area (Å²) in [5, 5.41) is 11.2. The van der Waals surface area contributed by atoms with Gasteiger partial charge in [-0.25, -0.2) is 9.37 Å². The van der Waals surface area contributed by atoms with E-state index >= 15 is 0 Å². The monoisotopic (exact) mass is 413 g/mol. The number of rotatable bonds is 4. The lowest BCUT2D eigenvalue weighted by atomic mass is 9.80. The van der Waals surface area contributed by atoms with Crippen molar-refractivity contribution in [2.75, 3.05) is 0 Å². The highest BCUT2D eigenvalue weighted by molar-refractivity contribution is 6.30. The third-order valence-corrected chi connectivity index (χ3v) is 6.96. The first-order valence-corrected chi connectivity index (χ1v) is 10.4. The Morgan fingerprint density at radius 2 is 2.00 bits per heavy atom. The van der Waals surface area contributed by atoms with Crippen molar-refractivity contribution < 1.29 is 19.0 Å². The molecule has 29 heavy (non-hydrogen) atoms. The lowest BCUT2D eigenvalue weighted by molar-refractivity contribution is -0.118. The summed E-state index contributed by atoms with van der Waals surface area (Å²) in [6.45, 7) is 2.00. The van der Waals surface area contributed by atoms with Gasteiger partial charge in [-0.15, -0.1) is 0 Å². The number of fused-ring (bicyclic) bond motifs is 5. The molecule has 150 valence electrons. The topological polar surface area (TPSA) is 59.4 Å². The second-order valence-corrected chi connectivity index (χ2v) is 8.66. The van der Waals surface area contributed by atoms with E-state index in [-0.39, 0.29) is 34.3 Å². The Balaban J connectivity index is 1.54. The highest BCUT2D eigenvalue weighted by Gasteiger charge is 2.57. The van der Waals surface area contributed by atoms with E-state index in [1.165, 1.54) is 6.20 Å². The third kappa shape index (κ3) is 2.86. The molecule has 1 aromatic heterocycles. The third-order valence-electron chi connectivity index (χ3n) is 6.76. The van der Waals surface area contributed by atoms with E-state index < -0.39 is 5.82 Å². The van der Waals surface area contributed by atoms with Gasteiger partial charge in [0.15, 0.2) is 11.6 Å². The van der Waals surface area contributed by atoms with E-state index in [1.807, 2.05) is 13.0 Å². The van der Waals surface area contributed by atoms with Gasteiger partial charge in [-0.2, -0.15) is 0 Å². The van der Waals surface area contributed by atoms with Gasteiger partial charge in [0, 0.05) is 18.0 Å². The molecule has 1 heterocycles. The van der Waals surface area contributed by atoms with E-state index in [0.29, 0.717) is 35.1 Å². The maximum Gasteiger partial charge on any atom is 0.255 e. The van der Waals surface area contributed by atoms with E-state index in [2.05, 4.69) is 4.98 Å². The molecule has 1 aromatic carbocycles. The smallest absolute Gasteiger partial charge is 0.255 e. The molecular weight excluding hydrogens is 393 g/mol. The van der Waals surface area contributed by atoms with Crippen LogP contribution in [0, 0.1) is 29.5 Å².